The van der Waals surface area contributed by atoms with Crippen molar-refractivity contribution in [1.29, 1.82) is 0 Å². The molecule has 2 aromatic rings. The van der Waals surface area contributed by atoms with Crippen LogP contribution in [0.5, 0.6) is 0 Å². The SMILES string of the molecule is CCNC(=NCc1ncc(C(C)(C)C)o1)NC1CC1c1c(F)cccc1F.I. The van der Waals surface area contributed by atoms with E-state index in [-0.39, 0.29) is 53.5 Å². The monoisotopic (exact) mass is 504 g/mol. The average Bonchev–Trinajstić information content (AvgIpc) is 3.14. The maximum atomic E-state index is 13.9. The fraction of sp³-hybridized carbons (Fsp3) is 0.500. The van der Waals surface area contributed by atoms with Gasteiger partial charge in [-0.25, -0.2) is 18.8 Å². The molecule has 0 spiro atoms. The minimum absolute atomic E-state index is 0. The molecule has 5 nitrogen and oxygen atoms in total. The lowest BCUT2D eigenvalue weighted by atomic mass is 9.94. The van der Waals surface area contributed by atoms with Crippen molar-refractivity contribution in [3.8, 4) is 0 Å². The van der Waals surface area contributed by atoms with E-state index >= 15 is 0 Å². The van der Waals surface area contributed by atoms with Gasteiger partial charge in [-0.05, 0) is 25.5 Å². The molecule has 0 amide bonds. The quantitative estimate of drug-likeness (QED) is 0.358. The standard InChI is InChI=1S/C20H26F2N4O.HI/c1-5-23-19(25-11-17-24-10-16(27-17)20(2,3)4)26-15-9-12(15)18-13(21)7-6-8-14(18)22;/h6-8,10,12,15H,5,9,11H2,1-4H3,(H2,23,25,26);1H. The fourth-order valence-corrected chi connectivity index (χ4v) is 2.91. The van der Waals surface area contributed by atoms with Gasteiger partial charge in [-0.2, -0.15) is 0 Å². The molecule has 28 heavy (non-hydrogen) atoms. The average molecular weight is 504 g/mol. The predicted octanol–water partition coefficient (Wildman–Crippen LogP) is 4.48. The lowest BCUT2D eigenvalue weighted by Gasteiger charge is -2.13. The van der Waals surface area contributed by atoms with Gasteiger partial charge < -0.3 is 15.1 Å². The molecule has 2 unspecified atom stereocenters. The molecule has 1 fully saturated rings. The third-order valence-electron chi connectivity index (χ3n) is 4.49. The van der Waals surface area contributed by atoms with Crippen molar-refractivity contribution in [3.63, 3.8) is 0 Å². The van der Waals surface area contributed by atoms with Crippen LogP contribution >= 0.6 is 24.0 Å². The van der Waals surface area contributed by atoms with Gasteiger partial charge >= 0.3 is 0 Å². The molecule has 0 saturated heterocycles. The second-order valence-corrected chi connectivity index (χ2v) is 7.79. The van der Waals surface area contributed by atoms with Crippen molar-refractivity contribution >= 4 is 29.9 Å². The zero-order valence-electron chi connectivity index (χ0n) is 16.6. The number of hydrogen-bond donors (Lipinski definition) is 2. The number of benzene rings is 1. The zero-order valence-corrected chi connectivity index (χ0v) is 18.9. The van der Waals surface area contributed by atoms with Crippen molar-refractivity contribution in [2.45, 2.75) is 58.0 Å². The van der Waals surface area contributed by atoms with E-state index in [0.29, 0.717) is 24.8 Å². The highest BCUT2D eigenvalue weighted by molar-refractivity contribution is 14.0. The van der Waals surface area contributed by atoms with Gasteiger partial charge in [-0.3, -0.25) is 0 Å². The van der Waals surface area contributed by atoms with Crippen LogP contribution in [0.2, 0.25) is 0 Å². The molecule has 1 aliphatic rings. The van der Waals surface area contributed by atoms with Crippen molar-refractivity contribution in [2.24, 2.45) is 4.99 Å². The Labute approximate surface area is 181 Å². The van der Waals surface area contributed by atoms with E-state index in [0.717, 1.165) is 5.76 Å². The number of rotatable bonds is 5. The van der Waals surface area contributed by atoms with Crippen molar-refractivity contribution in [2.75, 3.05) is 6.54 Å². The molecule has 3 rings (SSSR count). The van der Waals surface area contributed by atoms with Crippen LogP contribution in [0.25, 0.3) is 0 Å². The Balaban J connectivity index is 0.00000280. The van der Waals surface area contributed by atoms with Crippen molar-refractivity contribution in [1.82, 2.24) is 15.6 Å². The summed E-state index contributed by atoms with van der Waals surface area (Å²) in [5.41, 5.74) is 0.0383. The van der Waals surface area contributed by atoms with Crippen LogP contribution in [0.3, 0.4) is 0 Å². The van der Waals surface area contributed by atoms with Crippen molar-refractivity contribution < 1.29 is 13.2 Å². The second kappa shape index (κ2) is 9.19. The number of aliphatic imine (C=N–C) groups is 1. The summed E-state index contributed by atoms with van der Waals surface area (Å²) >= 11 is 0. The highest BCUT2D eigenvalue weighted by Crippen LogP contribution is 2.43. The maximum Gasteiger partial charge on any atom is 0.216 e. The smallest absolute Gasteiger partial charge is 0.216 e. The Morgan fingerprint density at radius 3 is 2.54 bits per heavy atom. The summed E-state index contributed by atoms with van der Waals surface area (Å²) in [7, 11) is 0. The lowest BCUT2D eigenvalue weighted by Crippen LogP contribution is -2.39. The number of aromatic nitrogens is 1. The molecule has 1 aromatic heterocycles. The van der Waals surface area contributed by atoms with Gasteiger partial charge in [0.1, 0.15) is 23.9 Å². The van der Waals surface area contributed by atoms with Gasteiger partial charge in [-0.15, -0.1) is 24.0 Å². The first-order valence-electron chi connectivity index (χ1n) is 9.23. The van der Waals surface area contributed by atoms with Crippen LogP contribution in [0, 0.1) is 11.6 Å². The number of halogens is 3. The predicted molar refractivity (Wildman–Crippen MR) is 116 cm³/mol. The van der Waals surface area contributed by atoms with E-state index in [1.54, 1.807) is 6.20 Å². The normalized spacial score (nSPS) is 19.1. The molecule has 154 valence electrons. The summed E-state index contributed by atoms with van der Waals surface area (Å²) in [6.07, 6.45) is 2.39. The molecular formula is C20H27F2IN4O. The molecule has 1 aromatic carbocycles. The van der Waals surface area contributed by atoms with E-state index in [4.69, 9.17) is 4.42 Å². The molecule has 0 radical (unpaired) electrons. The van der Waals surface area contributed by atoms with Gasteiger partial charge in [0.05, 0.1) is 6.20 Å². The van der Waals surface area contributed by atoms with Gasteiger partial charge in [0.25, 0.3) is 0 Å². The van der Waals surface area contributed by atoms with E-state index in [1.807, 2.05) is 6.92 Å². The van der Waals surface area contributed by atoms with Crippen LogP contribution in [0.15, 0.2) is 33.8 Å². The summed E-state index contributed by atoms with van der Waals surface area (Å²) in [5, 5.41) is 6.38. The molecule has 1 saturated carbocycles. The summed E-state index contributed by atoms with van der Waals surface area (Å²) in [4.78, 5) is 8.75. The molecule has 1 heterocycles. The molecule has 0 bridgehead atoms. The number of nitrogens with one attached hydrogen (secondary N) is 2. The van der Waals surface area contributed by atoms with Crippen LogP contribution in [0.4, 0.5) is 8.78 Å². The van der Waals surface area contributed by atoms with E-state index in [1.165, 1.54) is 18.2 Å². The Morgan fingerprint density at radius 2 is 1.96 bits per heavy atom. The first-order chi connectivity index (χ1) is 12.8. The van der Waals surface area contributed by atoms with Crippen molar-refractivity contribution in [3.05, 3.63) is 53.2 Å². The first-order valence-corrected chi connectivity index (χ1v) is 9.23. The number of hydrogen-bond acceptors (Lipinski definition) is 3. The third-order valence-corrected chi connectivity index (χ3v) is 4.49. The van der Waals surface area contributed by atoms with Gasteiger partial charge in [0.15, 0.2) is 5.96 Å². The molecule has 8 heteroatoms. The zero-order chi connectivity index (χ0) is 19.6. The van der Waals surface area contributed by atoms with Gasteiger partial charge in [-0.1, -0.05) is 26.8 Å². The topological polar surface area (TPSA) is 62.5 Å². The second-order valence-electron chi connectivity index (χ2n) is 7.79. The number of nitrogens with zero attached hydrogens (tertiary/aromatic N) is 2. The van der Waals surface area contributed by atoms with Crippen LogP contribution < -0.4 is 10.6 Å². The van der Waals surface area contributed by atoms with E-state index in [2.05, 4.69) is 41.4 Å². The van der Waals surface area contributed by atoms with E-state index < -0.39 is 11.6 Å². The minimum Gasteiger partial charge on any atom is -0.443 e. The summed E-state index contributed by atoms with van der Waals surface area (Å²) in [5.74, 6) is 0.732. The fourth-order valence-electron chi connectivity index (χ4n) is 2.91. The highest BCUT2D eigenvalue weighted by Gasteiger charge is 2.42. The van der Waals surface area contributed by atoms with Crippen LogP contribution in [0.1, 0.15) is 57.2 Å². The van der Waals surface area contributed by atoms with Gasteiger partial charge in [0.2, 0.25) is 5.89 Å². The van der Waals surface area contributed by atoms with Gasteiger partial charge in [0, 0.05) is 29.5 Å². The molecule has 2 N–H and O–H groups in total. The number of guanidine groups is 1. The molecular weight excluding hydrogens is 477 g/mol. The minimum atomic E-state index is -0.499. The Bertz CT molecular complexity index is 812. The first kappa shape index (κ1) is 22.6. The highest BCUT2D eigenvalue weighted by atomic mass is 127. The lowest BCUT2D eigenvalue weighted by molar-refractivity contribution is 0.383. The number of oxazole rings is 1. The largest absolute Gasteiger partial charge is 0.443 e. The van der Waals surface area contributed by atoms with Crippen LogP contribution in [-0.2, 0) is 12.0 Å². The molecule has 0 aliphatic heterocycles. The Kier molecular flexibility index (Phi) is 7.41. The Morgan fingerprint density at radius 1 is 1.29 bits per heavy atom. The Hall–Kier alpha value is -1.71. The van der Waals surface area contributed by atoms with E-state index in [9.17, 15) is 8.78 Å². The third kappa shape index (κ3) is 5.42. The van der Waals surface area contributed by atoms with Crippen LogP contribution in [-0.4, -0.2) is 23.5 Å². The summed E-state index contributed by atoms with van der Waals surface area (Å²) in [6, 6.07) is 3.92. The molecule has 1 aliphatic carbocycles. The summed E-state index contributed by atoms with van der Waals surface area (Å²) < 4.78 is 33.6. The summed E-state index contributed by atoms with van der Waals surface area (Å²) in [6.45, 7) is 9.09. The molecule has 2 atom stereocenters. The maximum absolute atomic E-state index is 13.9.